The molecule has 0 saturated carbocycles. The number of carbonyl (C=O) groups excluding carboxylic acids is 1. The molecular formula is C16H24N2O4S2. The van der Waals surface area contributed by atoms with Crippen molar-refractivity contribution in [2.45, 2.75) is 23.6 Å². The highest BCUT2D eigenvalue weighted by atomic mass is 32.2. The van der Waals surface area contributed by atoms with Crippen molar-refractivity contribution in [1.82, 2.24) is 9.21 Å². The van der Waals surface area contributed by atoms with Crippen molar-refractivity contribution >= 4 is 27.7 Å². The van der Waals surface area contributed by atoms with Crippen molar-refractivity contribution < 1.29 is 17.9 Å². The van der Waals surface area contributed by atoms with E-state index in [1.165, 1.54) is 22.1 Å². The number of hydrogen-bond donors (Lipinski definition) is 0. The first-order valence-corrected chi connectivity index (χ1v) is 10.7. The number of thioether (sulfide) groups is 1. The lowest BCUT2D eigenvalue weighted by Crippen LogP contribution is -2.41. The molecule has 0 unspecified atom stereocenters. The highest BCUT2D eigenvalue weighted by Crippen LogP contribution is 2.27. The van der Waals surface area contributed by atoms with Crippen molar-refractivity contribution in [2.24, 2.45) is 0 Å². The zero-order chi connectivity index (χ0) is 17.7. The monoisotopic (exact) mass is 372 g/mol. The maximum Gasteiger partial charge on any atom is 0.255 e. The molecular weight excluding hydrogens is 348 g/mol. The molecule has 24 heavy (non-hydrogen) atoms. The molecule has 0 aliphatic carbocycles. The predicted octanol–water partition coefficient (Wildman–Crippen LogP) is 1.91. The van der Waals surface area contributed by atoms with Crippen LogP contribution < -0.4 is 0 Å². The SMILES string of the molecule is CCN(CC)S(=O)(=O)c1ccc(SC)c(C(=O)N2CCOCC2)c1. The van der Waals surface area contributed by atoms with Crippen LogP contribution in [0.25, 0.3) is 0 Å². The Morgan fingerprint density at radius 1 is 1.25 bits per heavy atom. The van der Waals surface area contributed by atoms with Gasteiger partial charge in [-0.25, -0.2) is 8.42 Å². The average Bonchev–Trinajstić information content (AvgIpc) is 2.62. The lowest BCUT2D eigenvalue weighted by atomic mass is 10.2. The Kier molecular flexibility index (Phi) is 6.68. The van der Waals surface area contributed by atoms with Gasteiger partial charge in [0.05, 0.1) is 23.7 Å². The van der Waals surface area contributed by atoms with Crippen molar-refractivity contribution in [3.63, 3.8) is 0 Å². The largest absolute Gasteiger partial charge is 0.378 e. The minimum Gasteiger partial charge on any atom is -0.378 e. The van der Waals surface area contributed by atoms with Crippen molar-refractivity contribution in [3.8, 4) is 0 Å². The number of sulfonamides is 1. The molecule has 8 heteroatoms. The van der Waals surface area contributed by atoms with Crippen LogP contribution in [0.3, 0.4) is 0 Å². The average molecular weight is 373 g/mol. The maximum absolute atomic E-state index is 12.8. The van der Waals surface area contributed by atoms with E-state index < -0.39 is 10.0 Å². The Morgan fingerprint density at radius 2 is 1.88 bits per heavy atom. The van der Waals surface area contributed by atoms with Crippen LogP contribution >= 0.6 is 11.8 Å². The standard InChI is InChI=1S/C16H24N2O4S2/c1-4-18(5-2)24(20,21)13-6-7-15(23-3)14(12-13)16(19)17-8-10-22-11-9-17/h6-7,12H,4-5,8-11H2,1-3H3. The molecule has 0 aromatic heterocycles. The first-order valence-electron chi connectivity index (χ1n) is 8.00. The molecule has 0 radical (unpaired) electrons. The Labute approximate surface area is 148 Å². The summed E-state index contributed by atoms with van der Waals surface area (Å²) >= 11 is 1.44. The molecule has 1 saturated heterocycles. The topological polar surface area (TPSA) is 66.9 Å². The summed E-state index contributed by atoms with van der Waals surface area (Å²) in [6.45, 7) is 6.48. The van der Waals surface area contributed by atoms with Crippen LogP contribution in [0.15, 0.2) is 28.0 Å². The summed E-state index contributed by atoms with van der Waals surface area (Å²) in [6.07, 6.45) is 1.88. The second-order valence-electron chi connectivity index (χ2n) is 5.36. The second kappa shape index (κ2) is 8.33. The smallest absolute Gasteiger partial charge is 0.255 e. The lowest BCUT2D eigenvalue weighted by Gasteiger charge is -2.28. The normalized spacial score (nSPS) is 15.8. The molecule has 2 rings (SSSR count). The predicted molar refractivity (Wildman–Crippen MR) is 95.1 cm³/mol. The van der Waals surface area contributed by atoms with E-state index in [0.29, 0.717) is 45.0 Å². The van der Waals surface area contributed by atoms with Gasteiger partial charge in [-0.2, -0.15) is 4.31 Å². The molecule has 1 aromatic carbocycles. The van der Waals surface area contributed by atoms with Gasteiger partial charge < -0.3 is 9.64 Å². The molecule has 0 bridgehead atoms. The zero-order valence-electron chi connectivity index (χ0n) is 14.3. The summed E-state index contributed by atoms with van der Waals surface area (Å²) in [7, 11) is -3.58. The highest BCUT2D eigenvalue weighted by molar-refractivity contribution is 7.98. The summed E-state index contributed by atoms with van der Waals surface area (Å²) in [5.74, 6) is -0.140. The van der Waals surface area contributed by atoms with Crippen LogP contribution in [0.1, 0.15) is 24.2 Å². The van der Waals surface area contributed by atoms with Gasteiger partial charge in [0.15, 0.2) is 0 Å². The molecule has 0 spiro atoms. The van der Waals surface area contributed by atoms with E-state index >= 15 is 0 Å². The third kappa shape index (κ3) is 3.93. The highest BCUT2D eigenvalue weighted by Gasteiger charge is 2.26. The van der Waals surface area contributed by atoms with Crippen LogP contribution in [-0.4, -0.2) is 69.2 Å². The van der Waals surface area contributed by atoms with Gasteiger partial charge in [-0.3, -0.25) is 4.79 Å². The van der Waals surface area contributed by atoms with Crippen LogP contribution in [0.4, 0.5) is 0 Å². The van der Waals surface area contributed by atoms with E-state index in [1.807, 2.05) is 6.26 Å². The number of amides is 1. The van der Waals surface area contributed by atoms with E-state index in [-0.39, 0.29) is 10.8 Å². The fourth-order valence-electron chi connectivity index (χ4n) is 2.66. The van der Waals surface area contributed by atoms with Gasteiger partial charge >= 0.3 is 0 Å². The van der Waals surface area contributed by atoms with Crippen LogP contribution in [0.2, 0.25) is 0 Å². The van der Waals surface area contributed by atoms with Gasteiger partial charge in [-0.15, -0.1) is 11.8 Å². The first-order chi connectivity index (χ1) is 11.5. The van der Waals surface area contributed by atoms with Gasteiger partial charge in [0.25, 0.3) is 5.91 Å². The number of hydrogen-bond acceptors (Lipinski definition) is 5. The molecule has 1 fully saturated rings. The summed E-state index contributed by atoms with van der Waals surface area (Å²) < 4.78 is 32.1. The molecule has 1 aromatic rings. The number of rotatable bonds is 6. The lowest BCUT2D eigenvalue weighted by molar-refractivity contribution is 0.0300. The Balaban J connectivity index is 2.42. The Morgan fingerprint density at radius 3 is 2.42 bits per heavy atom. The van der Waals surface area contributed by atoms with E-state index in [9.17, 15) is 13.2 Å². The number of nitrogens with zero attached hydrogens (tertiary/aromatic N) is 2. The Bertz CT molecular complexity index is 681. The molecule has 6 nitrogen and oxygen atoms in total. The minimum absolute atomic E-state index is 0.140. The Hall–Kier alpha value is -1.09. The first kappa shape index (κ1) is 19.2. The fourth-order valence-corrected chi connectivity index (χ4v) is 4.72. The van der Waals surface area contributed by atoms with Gasteiger partial charge in [-0.05, 0) is 24.5 Å². The van der Waals surface area contributed by atoms with Crippen LogP contribution in [0.5, 0.6) is 0 Å². The van der Waals surface area contributed by atoms with Crippen LogP contribution in [0, 0.1) is 0 Å². The van der Waals surface area contributed by atoms with E-state index in [4.69, 9.17) is 4.74 Å². The third-order valence-electron chi connectivity index (χ3n) is 4.04. The zero-order valence-corrected chi connectivity index (χ0v) is 16.0. The van der Waals surface area contributed by atoms with E-state index in [2.05, 4.69) is 0 Å². The van der Waals surface area contributed by atoms with Crippen molar-refractivity contribution in [1.29, 1.82) is 0 Å². The molecule has 1 aliphatic heterocycles. The summed E-state index contributed by atoms with van der Waals surface area (Å²) in [6, 6.07) is 4.81. The maximum atomic E-state index is 12.8. The quantitative estimate of drug-likeness (QED) is 0.714. The molecule has 0 N–H and O–H groups in total. The third-order valence-corrected chi connectivity index (χ3v) is 6.88. The van der Waals surface area contributed by atoms with Crippen molar-refractivity contribution in [2.75, 3.05) is 45.6 Å². The number of carbonyl (C=O) groups is 1. The summed E-state index contributed by atoms with van der Waals surface area (Å²) in [5.41, 5.74) is 0.442. The number of benzene rings is 1. The molecule has 1 amide bonds. The molecule has 1 aliphatic rings. The summed E-state index contributed by atoms with van der Waals surface area (Å²) in [5, 5.41) is 0. The summed E-state index contributed by atoms with van der Waals surface area (Å²) in [4.78, 5) is 15.5. The van der Waals surface area contributed by atoms with Gasteiger partial charge in [0.1, 0.15) is 0 Å². The van der Waals surface area contributed by atoms with Gasteiger partial charge in [0, 0.05) is 31.1 Å². The fraction of sp³-hybridized carbons (Fsp3) is 0.562. The van der Waals surface area contributed by atoms with Gasteiger partial charge in [-0.1, -0.05) is 13.8 Å². The molecule has 0 atom stereocenters. The molecule has 134 valence electrons. The van der Waals surface area contributed by atoms with E-state index in [0.717, 1.165) is 4.90 Å². The molecule has 1 heterocycles. The minimum atomic E-state index is -3.58. The van der Waals surface area contributed by atoms with Gasteiger partial charge in [0.2, 0.25) is 10.0 Å². The second-order valence-corrected chi connectivity index (χ2v) is 8.14. The van der Waals surface area contributed by atoms with Crippen LogP contribution in [-0.2, 0) is 14.8 Å². The van der Waals surface area contributed by atoms with E-state index in [1.54, 1.807) is 30.9 Å². The number of morpholine rings is 1. The van der Waals surface area contributed by atoms with Crippen molar-refractivity contribution in [3.05, 3.63) is 23.8 Å². The number of ether oxygens (including phenoxy) is 1.